The summed E-state index contributed by atoms with van der Waals surface area (Å²) < 4.78 is 6.87. The van der Waals surface area contributed by atoms with Crippen LogP contribution in [0, 0.1) is 0 Å². The zero-order valence-electron chi connectivity index (χ0n) is 15.9. The summed E-state index contributed by atoms with van der Waals surface area (Å²) in [6.07, 6.45) is 4.73. The fourth-order valence-corrected chi connectivity index (χ4v) is 3.93. The summed E-state index contributed by atoms with van der Waals surface area (Å²) in [5.74, 6) is 0.728. The molecule has 1 amide bonds. The van der Waals surface area contributed by atoms with Crippen molar-refractivity contribution >= 4 is 35.2 Å². The van der Waals surface area contributed by atoms with E-state index in [1.54, 1.807) is 37.3 Å². The summed E-state index contributed by atoms with van der Waals surface area (Å²) in [6.45, 7) is 0. The van der Waals surface area contributed by atoms with Gasteiger partial charge in [-0.3, -0.25) is 14.6 Å². The lowest BCUT2D eigenvalue weighted by Gasteiger charge is -2.09. The van der Waals surface area contributed by atoms with E-state index in [9.17, 15) is 4.79 Å². The predicted octanol–water partition coefficient (Wildman–Crippen LogP) is 2.89. The molecule has 12 heteroatoms. The maximum absolute atomic E-state index is 13.0. The Bertz CT molecular complexity index is 1160. The van der Waals surface area contributed by atoms with Crippen LogP contribution in [0.5, 0.6) is 5.75 Å². The van der Waals surface area contributed by atoms with E-state index in [-0.39, 0.29) is 5.69 Å². The highest BCUT2D eigenvalue weighted by atomic mass is 32.2. The summed E-state index contributed by atoms with van der Waals surface area (Å²) in [5.41, 5.74) is 0.179. The Hall–Kier alpha value is -3.38. The van der Waals surface area contributed by atoms with E-state index < -0.39 is 5.91 Å². The van der Waals surface area contributed by atoms with Crippen molar-refractivity contribution < 1.29 is 9.53 Å². The zero-order chi connectivity index (χ0) is 20.9. The van der Waals surface area contributed by atoms with Crippen LogP contribution in [0.25, 0.3) is 0 Å². The van der Waals surface area contributed by atoms with Crippen LogP contribution >= 0.6 is 23.5 Å². The lowest BCUT2D eigenvalue weighted by molar-refractivity contribution is 0.101. The van der Waals surface area contributed by atoms with Gasteiger partial charge >= 0.3 is 0 Å². The molecule has 2 N–H and O–H groups in total. The number of aryl methyl sites for hydroxylation is 1. The number of benzene rings is 1. The van der Waals surface area contributed by atoms with E-state index in [1.807, 2.05) is 24.3 Å². The number of hydrogen-bond donors (Lipinski definition) is 2. The first-order valence-corrected chi connectivity index (χ1v) is 10.3. The van der Waals surface area contributed by atoms with Crippen LogP contribution in [0.15, 0.2) is 69.2 Å². The van der Waals surface area contributed by atoms with Crippen LogP contribution in [0.1, 0.15) is 10.5 Å². The number of nitrogens with zero attached hydrogens (tertiary/aromatic N) is 6. The molecule has 0 radical (unpaired) electrons. The molecule has 0 saturated carbocycles. The summed E-state index contributed by atoms with van der Waals surface area (Å²) in [7, 11) is 3.37. The standard InChI is InChI=1S/C18H16N8O2S2/c1-26-7-6-13(25-26)22-16(27)15-17(29-12-5-3-4-11(8-12)28-2)19-9-14(23-15)30-18-20-10-21-24-18/h3-10H,1-2H3,(H,20,21,24)(H,22,25,27). The van der Waals surface area contributed by atoms with Gasteiger partial charge in [0.1, 0.15) is 22.1 Å². The normalized spacial score (nSPS) is 10.7. The van der Waals surface area contributed by atoms with E-state index in [0.29, 0.717) is 26.8 Å². The minimum atomic E-state index is -0.411. The molecule has 0 bridgehead atoms. The molecule has 0 aliphatic rings. The highest BCUT2D eigenvalue weighted by Crippen LogP contribution is 2.32. The Morgan fingerprint density at radius 2 is 2.13 bits per heavy atom. The number of nitrogens with one attached hydrogen (secondary N) is 2. The fourth-order valence-electron chi connectivity index (χ4n) is 2.41. The Balaban J connectivity index is 1.65. The van der Waals surface area contributed by atoms with Gasteiger partial charge in [0.05, 0.1) is 13.3 Å². The average molecular weight is 441 g/mol. The Labute approximate surface area is 179 Å². The number of rotatable bonds is 7. The van der Waals surface area contributed by atoms with Crippen molar-refractivity contribution in [2.45, 2.75) is 20.1 Å². The summed E-state index contributed by atoms with van der Waals surface area (Å²) in [4.78, 5) is 26.9. The number of carbonyl (C=O) groups is 1. The van der Waals surface area contributed by atoms with Gasteiger partial charge < -0.3 is 10.1 Å². The van der Waals surface area contributed by atoms with Crippen molar-refractivity contribution in [1.29, 1.82) is 0 Å². The first-order valence-electron chi connectivity index (χ1n) is 8.64. The summed E-state index contributed by atoms with van der Waals surface area (Å²) in [6, 6.07) is 9.20. The van der Waals surface area contributed by atoms with Crippen molar-refractivity contribution in [3.63, 3.8) is 0 Å². The van der Waals surface area contributed by atoms with Gasteiger partial charge in [0.25, 0.3) is 5.91 Å². The zero-order valence-corrected chi connectivity index (χ0v) is 17.6. The molecule has 3 heterocycles. The van der Waals surface area contributed by atoms with E-state index in [1.165, 1.54) is 29.9 Å². The van der Waals surface area contributed by atoms with Crippen LogP contribution < -0.4 is 10.1 Å². The Kier molecular flexibility index (Phi) is 5.95. The van der Waals surface area contributed by atoms with Crippen molar-refractivity contribution in [2.24, 2.45) is 7.05 Å². The molecule has 10 nitrogen and oxygen atoms in total. The van der Waals surface area contributed by atoms with Crippen molar-refractivity contribution in [3.05, 3.63) is 54.7 Å². The molecule has 0 spiro atoms. The predicted molar refractivity (Wildman–Crippen MR) is 111 cm³/mol. The molecule has 152 valence electrons. The van der Waals surface area contributed by atoms with Crippen LogP contribution in [0.2, 0.25) is 0 Å². The fraction of sp³-hybridized carbons (Fsp3) is 0.111. The molecule has 0 aliphatic carbocycles. The number of carbonyl (C=O) groups excluding carboxylic acids is 1. The molecule has 3 aromatic heterocycles. The molecule has 30 heavy (non-hydrogen) atoms. The minimum absolute atomic E-state index is 0.179. The van der Waals surface area contributed by atoms with Crippen molar-refractivity contribution in [2.75, 3.05) is 12.4 Å². The number of hydrogen-bond acceptors (Lipinski definition) is 9. The number of anilines is 1. The molecule has 0 atom stereocenters. The monoisotopic (exact) mass is 440 g/mol. The smallest absolute Gasteiger partial charge is 0.278 e. The number of H-pyrrole nitrogens is 1. The molecular weight excluding hydrogens is 424 g/mol. The molecular formula is C18H16N8O2S2. The van der Waals surface area contributed by atoms with Crippen LogP contribution in [-0.4, -0.2) is 47.9 Å². The summed E-state index contributed by atoms with van der Waals surface area (Å²) >= 11 is 2.54. The van der Waals surface area contributed by atoms with Gasteiger partial charge in [0, 0.05) is 24.2 Å². The average Bonchev–Trinajstić information content (AvgIpc) is 3.41. The first-order chi connectivity index (χ1) is 14.6. The number of ether oxygens (including phenoxy) is 1. The van der Waals surface area contributed by atoms with E-state index in [2.05, 4.69) is 35.6 Å². The topological polar surface area (TPSA) is 124 Å². The third kappa shape index (κ3) is 4.78. The lowest BCUT2D eigenvalue weighted by atomic mass is 10.3. The van der Waals surface area contributed by atoms with Crippen molar-refractivity contribution in [1.82, 2.24) is 34.9 Å². The maximum Gasteiger partial charge on any atom is 0.278 e. The van der Waals surface area contributed by atoms with Gasteiger partial charge in [-0.05, 0) is 30.0 Å². The van der Waals surface area contributed by atoms with Gasteiger partial charge in [0.2, 0.25) is 0 Å². The van der Waals surface area contributed by atoms with Crippen LogP contribution in [0.3, 0.4) is 0 Å². The second kappa shape index (κ2) is 8.97. The molecule has 0 saturated heterocycles. The first kappa shape index (κ1) is 19.9. The van der Waals surface area contributed by atoms with E-state index >= 15 is 0 Å². The van der Waals surface area contributed by atoms with E-state index in [0.717, 1.165) is 4.90 Å². The molecule has 4 aromatic rings. The number of aromatic nitrogens is 7. The molecule has 1 aromatic carbocycles. The maximum atomic E-state index is 13.0. The number of amides is 1. The Morgan fingerprint density at radius 1 is 1.23 bits per heavy atom. The highest BCUT2D eigenvalue weighted by molar-refractivity contribution is 7.99. The van der Waals surface area contributed by atoms with Gasteiger partial charge in [-0.1, -0.05) is 17.8 Å². The lowest BCUT2D eigenvalue weighted by Crippen LogP contribution is -2.16. The number of methoxy groups -OCH3 is 1. The molecule has 0 unspecified atom stereocenters. The molecule has 0 fully saturated rings. The molecule has 4 rings (SSSR count). The van der Waals surface area contributed by atoms with Crippen molar-refractivity contribution in [3.8, 4) is 5.75 Å². The summed E-state index contributed by atoms with van der Waals surface area (Å²) in [5, 5.41) is 15.0. The highest BCUT2D eigenvalue weighted by Gasteiger charge is 2.19. The Morgan fingerprint density at radius 3 is 2.87 bits per heavy atom. The second-order valence-electron chi connectivity index (χ2n) is 5.86. The van der Waals surface area contributed by atoms with Gasteiger partial charge in [0.15, 0.2) is 16.7 Å². The minimum Gasteiger partial charge on any atom is -0.497 e. The third-order valence-electron chi connectivity index (χ3n) is 3.74. The third-order valence-corrected chi connectivity index (χ3v) is 5.51. The number of aromatic amines is 1. The van der Waals surface area contributed by atoms with Gasteiger partial charge in [-0.15, -0.1) is 0 Å². The van der Waals surface area contributed by atoms with Gasteiger partial charge in [-0.25, -0.2) is 15.0 Å². The van der Waals surface area contributed by atoms with Crippen LogP contribution in [0.4, 0.5) is 5.82 Å². The molecule has 0 aliphatic heterocycles. The van der Waals surface area contributed by atoms with E-state index in [4.69, 9.17) is 4.74 Å². The quantitative estimate of drug-likeness (QED) is 0.446. The van der Waals surface area contributed by atoms with Gasteiger partial charge in [-0.2, -0.15) is 10.2 Å². The second-order valence-corrected chi connectivity index (χ2v) is 7.94. The van der Waals surface area contributed by atoms with Crippen LogP contribution in [-0.2, 0) is 7.05 Å². The largest absolute Gasteiger partial charge is 0.497 e. The SMILES string of the molecule is COc1cccc(Sc2ncc(Sc3ncn[nH]3)nc2C(=O)Nc2ccn(C)n2)c1.